The van der Waals surface area contributed by atoms with Gasteiger partial charge < -0.3 is 9.67 Å². The van der Waals surface area contributed by atoms with Gasteiger partial charge in [-0.25, -0.2) is 17.4 Å². The molecule has 0 radical (unpaired) electrons. The number of aliphatic hydroxyl groups excluding tert-OH is 1. The van der Waals surface area contributed by atoms with E-state index in [1.54, 1.807) is 24.3 Å². The van der Waals surface area contributed by atoms with E-state index in [9.17, 15) is 13.9 Å². The second kappa shape index (κ2) is 6.57. The molecular formula is C18H19F2N3OS. The molecule has 1 aliphatic heterocycles. The summed E-state index contributed by atoms with van der Waals surface area (Å²) in [6.07, 6.45) is -0.576. The molecule has 2 aromatic carbocycles. The number of β-amino-alcohol motifs (C(OH)–C–C–N with tert-alkyl or cyclic N) is 1. The molecule has 1 fully saturated rings. The first-order valence-electron chi connectivity index (χ1n) is 8.20. The van der Waals surface area contributed by atoms with Crippen molar-refractivity contribution < 1.29 is 13.9 Å². The minimum absolute atomic E-state index is 0.354. The molecule has 25 heavy (non-hydrogen) atoms. The molecule has 4 rings (SSSR count). The Morgan fingerprint density at radius 1 is 1.00 bits per heavy atom. The third kappa shape index (κ3) is 3.25. The summed E-state index contributed by atoms with van der Waals surface area (Å²) < 4.78 is 33.5. The zero-order valence-corrected chi connectivity index (χ0v) is 14.6. The van der Waals surface area contributed by atoms with Crippen LogP contribution in [-0.4, -0.2) is 51.1 Å². The lowest BCUT2D eigenvalue weighted by atomic mass is 10.1. The molecule has 0 saturated carbocycles. The highest BCUT2D eigenvalue weighted by Gasteiger charge is 2.22. The van der Waals surface area contributed by atoms with E-state index in [4.69, 9.17) is 0 Å². The number of rotatable bonds is 4. The lowest BCUT2D eigenvalue weighted by Gasteiger charge is -2.19. The van der Waals surface area contributed by atoms with Crippen LogP contribution in [0.4, 0.5) is 8.78 Å². The third-order valence-corrected chi connectivity index (χ3v) is 5.54. The summed E-state index contributed by atoms with van der Waals surface area (Å²) in [4.78, 5) is 0. The van der Waals surface area contributed by atoms with E-state index in [2.05, 4.69) is 8.61 Å². The average molecular weight is 363 g/mol. The van der Waals surface area contributed by atoms with Crippen LogP contribution in [0, 0.1) is 11.6 Å². The number of nitrogens with zero attached hydrogens (tertiary/aromatic N) is 3. The van der Waals surface area contributed by atoms with Gasteiger partial charge in [0.15, 0.2) is 0 Å². The predicted octanol–water partition coefficient (Wildman–Crippen LogP) is 3.24. The predicted molar refractivity (Wildman–Crippen MR) is 97.2 cm³/mol. The molecule has 3 aromatic rings. The second-order valence-electron chi connectivity index (χ2n) is 6.41. The number of hydrogen-bond donors (Lipinski definition) is 1. The first-order valence-corrected chi connectivity index (χ1v) is 8.93. The highest BCUT2D eigenvalue weighted by molar-refractivity contribution is 7.94. The van der Waals surface area contributed by atoms with Gasteiger partial charge in [-0.15, -0.1) is 0 Å². The van der Waals surface area contributed by atoms with E-state index < -0.39 is 6.10 Å². The summed E-state index contributed by atoms with van der Waals surface area (Å²) in [5.74, 6) is -0.708. The smallest absolute Gasteiger partial charge is 0.123 e. The molecule has 0 spiro atoms. The van der Waals surface area contributed by atoms with Gasteiger partial charge in [0, 0.05) is 53.6 Å². The molecule has 0 bridgehead atoms. The average Bonchev–Trinajstić information content (AvgIpc) is 3.09. The van der Waals surface area contributed by atoms with E-state index in [0.717, 1.165) is 24.1 Å². The van der Waals surface area contributed by atoms with Crippen LogP contribution in [0.3, 0.4) is 0 Å². The molecule has 1 saturated heterocycles. The Balaban J connectivity index is 1.70. The van der Waals surface area contributed by atoms with Gasteiger partial charge in [-0.2, -0.15) is 0 Å². The van der Waals surface area contributed by atoms with Crippen LogP contribution in [0.15, 0.2) is 36.4 Å². The van der Waals surface area contributed by atoms with Gasteiger partial charge in [-0.1, -0.05) is 0 Å². The van der Waals surface area contributed by atoms with E-state index in [0.29, 0.717) is 23.9 Å². The number of aliphatic hydroxyl groups is 1. The van der Waals surface area contributed by atoms with Gasteiger partial charge in [0.2, 0.25) is 0 Å². The van der Waals surface area contributed by atoms with Crippen LogP contribution in [0.2, 0.25) is 0 Å². The standard InChI is InChI=1S/C18H19F2N3OS/c1-21-6-7-22(25-21)10-14(24)11-23-17-4-2-12(19)8-15(17)16-9-13(20)3-5-18(16)23/h2-5,8-9,14,24H,6-7,10-11H2,1H3. The largest absolute Gasteiger partial charge is 0.390 e. The molecule has 1 atom stereocenters. The normalized spacial score (nSPS) is 17.8. The van der Waals surface area contributed by atoms with Crippen molar-refractivity contribution in [3.8, 4) is 0 Å². The van der Waals surface area contributed by atoms with Crippen molar-refractivity contribution in [2.24, 2.45) is 0 Å². The fourth-order valence-electron chi connectivity index (χ4n) is 3.40. The van der Waals surface area contributed by atoms with Gasteiger partial charge in [0.1, 0.15) is 11.6 Å². The molecule has 1 unspecified atom stereocenters. The Bertz CT molecular complexity index is 870. The fraction of sp³-hybridized carbons (Fsp3) is 0.333. The molecular weight excluding hydrogens is 344 g/mol. The van der Waals surface area contributed by atoms with E-state index >= 15 is 0 Å². The van der Waals surface area contributed by atoms with Crippen molar-refractivity contribution in [1.82, 2.24) is 13.2 Å². The first kappa shape index (κ1) is 16.8. The summed E-state index contributed by atoms with van der Waals surface area (Å²) in [6.45, 7) is 2.78. The summed E-state index contributed by atoms with van der Waals surface area (Å²) in [6, 6.07) is 9.01. The second-order valence-corrected chi connectivity index (χ2v) is 7.71. The Hall–Kier alpha value is -1.67. The van der Waals surface area contributed by atoms with Crippen molar-refractivity contribution in [1.29, 1.82) is 0 Å². The zero-order valence-electron chi connectivity index (χ0n) is 13.8. The fourth-order valence-corrected chi connectivity index (χ4v) is 4.36. The maximum atomic E-state index is 13.7. The minimum Gasteiger partial charge on any atom is -0.390 e. The monoisotopic (exact) mass is 363 g/mol. The number of fused-ring (bicyclic) bond motifs is 3. The topological polar surface area (TPSA) is 31.6 Å². The Morgan fingerprint density at radius 3 is 2.12 bits per heavy atom. The Labute approximate surface area is 148 Å². The molecule has 1 aromatic heterocycles. The number of likely N-dealkylation sites (N-methyl/N-ethyl adjacent to an activating group) is 1. The number of benzene rings is 2. The summed E-state index contributed by atoms with van der Waals surface area (Å²) >= 11 is 1.62. The van der Waals surface area contributed by atoms with Crippen molar-refractivity contribution in [3.05, 3.63) is 48.0 Å². The molecule has 4 nitrogen and oxygen atoms in total. The lowest BCUT2D eigenvalue weighted by Crippen LogP contribution is -2.29. The van der Waals surface area contributed by atoms with Crippen LogP contribution in [-0.2, 0) is 6.54 Å². The van der Waals surface area contributed by atoms with E-state index in [-0.39, 0.29) is 11.6 Å². The highest BCUT2D eigenvalue weighted by atomic mass is 32.2. The van der Waals surface area contributed by atoms with Crippen LogP contribution in [0.5, 0.6) is 0 Å². The minimum atomic E-state index is -0.576. The van der Waals surface area contributed by atoms with Gasteiger partial charge >= 0.3 is 0 Å². The number of aromatic nitrogens is 1. The number of hydrogen-bond acceptors (Lipinski definition) is 4. The van der Waals surface area contributed by atoms with Crippen LogP contribution in [0.25, 0.3) is 21.8 Å². The molecule has 7 heteroatoms. The zero-order chi connectivity index (χ0) is 17.6. The first-order chi connectivity index (χ1) is 12.0. The molecule has 132 valence electrons. The third-order valence-electron chi connectivity index (χ3n) is 4.52. The molecule has 1 aliphatic rings. The Kier molecular flexibility index (Phi) is 4.41. The highest BCUT2D eigenvalue weighted by Crippen LogP contribution is 2.31. The van der Waals surface area contributed by atoms with Gasteiger partial charge in [0.25, 0.3) is 0 Å². The van der Waals surface area contributed by atoms with Gasteiger partial charge in [-0.3, -0.25) is 0 Å². The molecule has 0 aliphatic carbocycles. The lowest BCUT2D eigenvalue weighted by molar-refractivity contribution is 0.136. The van der Waals surface area contributed by atoms with Crippen molar-refractivity contribution >= 4 is 33.9 Å². The number of halogens is 2. The SMILES string of the molecule is CN1CCN(CC(O)Cn2c3ccc(F)cc3c3cc(F)ccc32)S1. The van der Waals surface area contributed by atoms with Crippen LogP contribution in [0.1, 0.15) is 0 Å². The molecule has 2 heterocycles. The van der Waals surface area contributed by atoms with Crippen molar-refractivity contribution in [2.75, 3.05) is 26.7 Å². The maximum Gasteiger partial charge on any atom is 0.123 e. The molecule has 1 N–H and O–H groups in total. The van der Waals surface area contributed by atoms with E-state index in [1.165, 1.54) is 24.3 Å². The summed E-state index contributed by atoms with van der Waals surface area (Å²) in [5, 5.41) is 11.9. The van der Waals surface area contributed by atoms with E-state index in [1.807, 2.05) is 11.6 Å². The van der Waals surface area contributed by atoms with Crippen molar-refractivity contribution in [3.63, 3.8) is 0 Å². The Morgan fingerprint density at radius 2 is 1.60 bits per heavy atom. The quantitative estimate of drug-likeness (QED) is 0.721. The molecule has 0 amide bonds. The van der Waals surface area contributed by atoms with Gasteiger partial charge in [-0.05, 0) is 43.4 Å². The maximum absolute atomic E-state index is 13.7. The van der Waals surface area contributed by atoms with Crippen LogP contribution < -0.4 is 0 Å². The summed E-state index contributed by atoms with van der Waals surface area (Å²) in [7, 11) is 2.02. The van der Waals surface area contributed by atoms with Crippen molar-refractivity contribution in [2.45, 2.75) is 12.6 Å². The van der Waals surface area contributed by atoms with Crippen LogP contribution >= 0.6 is 12.1 Å². The van der Waals surface area contributed by atoms with Gasteiger partial charge in [0.05, 0.1) is 12.6 Å². The summed E-state index contributed by atoms with van der Waals surface area (Å²) in [5.41, 5.74) is 1.60.